The van der Waals surface area contributed by atoms with Crippen LogP contribution < -0.4 is 10.6 Å². The number of carbonyl (C=O) groups excluding carboxylic acids is 1. The van der Waals surface area contributed by atoms with Crippen molar-refractivity contribution in [2.75, 3.05) is 18.1 Å². The Morgan fingerprint density at radius 1 is 1.47 bits per heavy atom. The molecule has 0 spiro atoms. The second-order valence-corrected chi connectivity index (χ2v) is 4.18. The van der Waals surface area contributed by atoms with Crippen molar-refractivity contribution in [1.29, 1.82) is 0 Å². The van der Waals surface area contributed by atoms with Gasteiger partial charge >= 0.3 is 0 Å². The largest absolute Gasteiger partial charge is 0.394 e. The first-order chi connectivity index (χ1) is 8.15. The van der Waals surface area contributed by atoms with Crippen molar-refractivity contribution >= 4 is 11.6 Å². The van der Waals surface area contributed by atoms with E-state index in [1.165, 1.54) is 4.90 Å². The number of amides is 1. The van der Waals surface area contributed by atoms with E-state index in [-0.39, 0.29) is 19.1 Å². The van der Waals surface area contributed by atoms with Crippen LogP contribution >= 0.6 is 0 Å². The normalized spacial score (nSPS) is 16.2. The molecule has 92 valence electrons. The molecule has 4 N–H and O–H groups in total. The van der Waals surface area contributed by atoms with Gasteiger partial charge in [0.2, 0.25) is 5.91 Å². The van der Waals surface area contributed by atoms with Crippen molar-refractivity contribution < 1.29 is 15.0 Å². The molecule has 1 aromatic rings. The molecule has 5 nitrogen and oxygen atoms in total. The summed E-state index contributed by atoms with van der Waals surface area (Å²) in [6.45, 7) is 0.227. The van der Waals surface area contributed by atoms with Gasteiger partial charge in [-0.05, 0) is 17.2 Å². The van der Waals surface area contributed by atoms with Gasteiger partial charge in [0, 0.05) is 12.2 Å². The lowest BCUT2D eigenvalue weighted by Crippen LogP contribution is -2.36. The van der Waals surface area contributed by atoms with Crippen molar-refractivity contribution in [3.63, 3.8) is 0 Å². The summed E-state index contributed by atoms with van der Waals surface area (Å²) in [4.78, 5) is 13.3. The molecule has 1 amide bonds. The molecule has 1 aliphatic heterocycles. The number of nitrogens with zero attached hydrogens (tertiary/aromatic N) is 1. The highest BCUT2D eigenvalue weighted by molar-refractivity contribution is 6.01. The summed E-state index contributed by atoms with van der Waals surface area (Å²) in [7, 11) is 0. The van der Waals surface area contributed by atoms with Crippen LogP contribution in [0, 0.1) is 0 Å². The van der Waals surface area contributed by atoms with Gasteiger partial charge in [-0.3, -0.25) is 4.79 Å². The molecule has 1 aliphatic rings. The summed E-state index contributed by atoms with van der Waals surface area (Å²) in [5.41, 5.74) is 8.27. The number of aliphatic hydroxyl groups excluding tert-OH is 2. The maximum Gasteiger partial charge on any atom is 0.231 e. The molecule has 2 rings (SSSR count). The maximum absolute atomic E-state index is 11.8. The van der Waals surface area contributed by atoms with Gasteiger partial charge in [0.1, 0.15) is 0 Å². The number of nitrogens with two attached hydrogens (primary N) is 1. The summed E-state index contributed by atoms with van der Waals surface area (Å²) in [5.74, 6) is -0.0540. The lowest BCUT2D eigenvalue weighted by molar-refractivity contribution is -0.117. The van der Waals surface area contributed by atoms with Gasteiger partial charge < -0.3 is 20.8 Å². The summed E-state index contributed by atoms with van der Waals surface area (Å²) < 4.78 is 0. The smallest absolute Gasteiger partial charge is 0.231 e. The molecule has 0 fully saturated rings. The van der Waals surface area contributed by atoms with E-state index in [1.54, 1.807) is 0 Å². The molecule has 0 saturated heterocycles. The van der Waals surface area contributed by atoms with E-state index in [0.717, 1.165) is 16.8 Å². The van der Waals surface area contributed by atoms with Gasteiger partial charge in [0.15, 0.2) is 0 Å². The third-order valence-corrected chi connectivity index (χ3v) is 2.92. The van der Waals surface area contributed by atoms with Gasteiger partial charge in [0.25, 0.3) is 0 Å². The first-order valence-electron chi connectivity index (χ1n) is 5.57. The molecule has 0 aromatic heterocycles. The summed E-state index contributed by atoms with van der Waals surface area (Å²) in [5, 5.41) is 18.2. The average Bonchev–Trinajstić information content (AvgIpc) is 2.64. The fourth-order valence-corrected chi connectivity index (χ4v) is 2.03. The van der Waals surface area contributed by atoms with Crippen molar-refractivity contribution in [3.05, 3.63) is 29.3 Å². The molecule has 1 aromatic carbocycles. The van der Waals surface area contributed by atoms with E-state index < -0.39 is 6.10 Å². The number of carbonyl (C=O) groups is 1. The van der Waals surface area contributed by atoms with Gasteiger partial charge in [0.05, 0.1) is 25.7 Å². The van der Waals surface area contributed by atoms with E-state index in [1.807, 2.05) is 18.2 Å². The number of hydrogen-bond acceptors (Lipinski definition) is 4. The summed E-state index contributed by atoms with van der Waals surface area (Å²) in [6, 6.07) is 5.63. The van der Waals surface area contributed by atoms with E-state index >= 15 is 0 Å². The molecule has 1 unspecified atom stereocenters. The Morgan fingerprint density at radius 3 is 2.88 bits per heavy atom. The molecule has 1 heterocycles. The van der Waals surface area contributed by atoms with Gasteiger partial charge in [-0.2, -0.15) is 0 Å². The number of hydrogen-bond donors (Lipinski definition) is 3. The van der Waals surface area contributed by atoms with E-state index in [9.17, 15) is 9.90 Å². The minimum absolute atomic E-state index is 0.0540. The van der Waals surface area contributed by atoms with Crippen LogP contribution in [0.5, 0.6) is 0 Å². The molecule has 0 saturated carbocycles. The third kappa shape index (κ3) is 2.31. The zero-order chi connectivity index (χ0) is 12.4. The molecule has 17 heavy (non-hydrogen) atoms. The summed E-state index contributed by atoms with van der Waals surface area (Å²) >= 11 is 0. The van der Waals surface area contributed by atoms with Crippen LogP contribution in [-0.2, 0) is 17.8 Å². The van der Waals surface area contributed by atoms with Crippen LogP contribution in [0.25, 0.3) is 0 Å². The molecular weight excluding hydrogens is 220 g/mol. The zero-order valence-corrected chi connectivity index (χ0v) is 9.47. The van der Waals surface area contributed by atoms with E-state index in [0.29, 0.717) is 13.0 Å². The van der Waals surface area contributed by atoms with Crippen LogP contribution in [-0.4, -0.2) is 35.4 Å². The predicted molar refractivity (Wildman–Crippen MR) is 63.5 cm³/mol. The quantitative estimate of drug-likeness (QED) is 0.650. The Kier molecular flexibility index (Phi) is 3.42. The van der Waals surface area contributed by atoms with Crippen molar-refractivity contribution in [2.45, 2.75) is 19.1 Å². The second-order valence-electron chi connectivity index (χ2n) is 4.18. The Bertz CT molecular complexity index is 434. The molecular formula is C12H16N2O3. The Balaban J connectivity index is 2.25. The molecule has 0 radical (unpaired) electrons. The minimum Gasteiger partial charge on any atom is -0.394 e. The Labute approximate surface area is 99.5 Å². The summed E-state index contributed by atoms with van der Waals surface area (Å²) in [6.07, 6.45) is -0.569. The molecule has 0 bridgehead atoms. The number of β-amino-alcohol motifs (C(OH)–C–C–N with tert-alkyl or cyclic N) is 1. The van der Waals surface area contributed by atoms with Crippen LogP contribution in [0.1, 0.15) is 11.1 Å². The fraction of sp³-hybridized carbons (Fsp3) is 0.417. The van der Waals surface area contributed by atoms with Crippen molar-refractivity contribution in [1.82, 2.24) is 0 Å². The highest BCUT2D eigenvalue weighted by Crippen LogP contribution is 2.29. The third-order valence-electron chi connectivity index (χ3n) is 2.92. The number of rotatable bonds is 4. The lowest BCUT2D eigenvalue weighted by Gasteiger charge is -2.20. The first-order valence-corrected chi connectivity index (χ1v) is 5.57. The van der Waals surface area contributed by atoms with Crippen LogP contribution in [0.2, 0.25) is 0 Å². The maximum atomic E-state index is 11.8. The predicted octanol–water partition coefficient (Wildman–Crippen LogP) is -0.612. The minimum atomic E-state index is -0.904. The average molecular weight is 236 g/mol. The molecule has 1 atom stereocenters. The highest BCUT2D eigenvalue weighted by Gasteiger charge is 2.28. The van der Waals surface area contributed by atoms with Gasteiger partial charge in [-0.15, -0.1) is 0 Å². The van der Waals surface area contributed by atoms with Crippen molar-refractivity contribution in [3.8, 4) is 0 Å². The van der Waals surface area contributed by atoms with Crippen LogP contribution in [0.4, 0.5) is 5.69 Å². The zero-order valence-electron chi connectivity index (χ0n) is 9.47. The van der Waals surface area contributed by atoms with Crippen LogP contribution in [0.15, 0.2) is 18.2 Å². The first kappa shape index (κ1) is 12.0. The Morgan fingerprint density at radius 2 is 2.24 bits per heavy atom. The number of fused-ring (bicyclic) bond motifs is 1. The van der Waals surface area contributed by atoms with Crippen molar-refractivity contribution in [2.24, 2.45) is 5.73 Å². The lowest BCUT2D eigenvalue weighted by atomic mass is 10.1. The Hall–Kier alpha value is -1.43. The number of anilines is 1. The fourth-order valence-electron chi connectivity index (χ4n) is 2.03. The second kappa shape index (κ2) is 4.83. The molecule has 0 aliphatic carbocycles. The topological polar surface area (TPSA) is 86.8 Å². The van der Waals surface area contributed by atoms with E-state index in [4.69, 9.17) is 10.8 Å². The van der Waals surface area contributed by atoms with Gasteiger partial charge in [-0.25, -0.2) is 0 Å². The van der Waals surface area contributed by atoms with E-state index in [2.05, 4.69) is 0 Å². The SMILES string of the molecule is NCc1ccc2c(c1)CC(=O)N2CC(O)CO. The monoisotopic (exact) mass is 236 g/mol. The highest BCUT2D eigenvalue weighted by atomic mass is 16.3. The standard InChI is InChI=1S/C12H16N2O3/c13-5-8-1-2-11-9(3-8)4-12(17)14(11)6-10(16)7-15/h1-3,10,15-16H,4-7,13H2. The number of benzene rings is 1. The van der Waals surface area contributed by atoms with Gasteiger partial charge in [-0.1, -0.05) is 12.1 Å². The molecule has 5 heteroatoms. The number of aliphatic hydroxyl groups is 2. The van der Waals surface area contributed by atoms with Crippen LogP contribution in [0.3, 0.4) is 0 Å².